The molecular formula is C13H17ClO. The van der Waals surface area contributed by atoms with Crippen molar-refractivity contribution in [2.75, 3.05) is 0 Å². The number of ketones is 1. The van der Waals surface area contributed by atoms with E-state index in [4.69, 9.17) is 11.6 Å². The predicted molar refractivity (Wildman–Crippen MR) is 64.6 cm³/mol. The summed E-state index contributed by atoms with van der Waals surface area (Å²) in [6.45, 7) is 6.02. The van der Waals surface area contributed by atoms with Crippen LogP contribution in [0.15, 0.2) is 18.2 Å². The Labute approximate surface area is 96.5 Å². The number of carbonyl (C=O) groups is 1. The van der Waals surface area contributed by atoms with E-state index in [1.165, 1.54) is 0 Å². The first-order valence-corrected chi connectivity index (χ1v) is 5.74. The molecule has 0 fully saturated rings. The molecule has 0 aliphatic rings. The predicted octanol–water partition coefficient (Wildman–Crippen LogP) is 4.27. The molecule has 0 saturated heterocycles. The van der Waals surface area contributed by atoms with E-state index >= 15 is 0 Å². The number of hydrogen-bond donors (Lipinski definition) is 0. The van der Waals surface area contributed by atoms with Gasteiger partial charge >= 0.3 is 0 Å². The zero-order valence-electron chi connectivity index (χ0n) is 9.51. The van der Waals surface area contributed by atoms with Gasteiger partial charge in [0, 0.05) is 16.5 Å². The number of benzene rings is 1. The van der Waals surface area contributed by atoms with Gasteiger partial charge in [-0.05, 0) is 31.0 Å². The highest BCUT2D eigenvalue weighted by atomic mass is 35.5. The summed E-state index contributed by atoms with van der Waals surface area (Å²) in [7, 11) is 0. The zero-order valence-corrected chi connectivity index (χ0v) is 10.3. The third-order valence-electron chi connectivity index (χ3n) is 2.63. The van der Waals surface area contributed by atoms with Crippen molar-refractivity contribution in [1.29, 1.82) is 0 Å². The first kappa shape index (κ1) is 12.3. The summed E-state index contributed by atoms with van der Waals surface area (Å²) in [4.78, 5) is 12.0. The number of rotatable bonds is 4. The van der Waals surface area contributed by atoms with Gasteiger partial charge in [0.25, 0.3) is 0 Å². The van der Waals surface area contributed by atoms with Gasteiger partial charge in [0.05, 0.1) is 0 Å². The van der Waals surface area contributed by atoms with Gasteiger partial charge in [-0.3, -0.25) is 4.79 Å². The minimum atomic E-state index is 0.0900. The minimum absolute atomic E-state index is 0.0900. The summed E-state index contributed by atoms with van der Waals surface area (Å²) in [5.41, 5.74) is 1.77. The highest BCUT2D eigenvalue weighted by Crippen LogP contribution is 2.20. The van der Waals surface area contributed by atoms with Gasteiger partial charge in [-0.2, -0.15) is 0 Å². The lowest BCUT2D eigenvalue weighted by Crippen LogP contribution is -2.12. The van der Waals surface area contributed by atoms with Crippen LogP contribution in [0.1, 0.15) is 42.6 Å². The Morgan fingerprint density at radius 1 is 1.47 bits per heavy atom. The number of hydrogen-bond acceptors (Lipinski definition) is 1. The molecule has 1 aromatic carbocycles. The highest BCUT2D eigenvalue weighted by molar-refractivity contribution is 6.31. The molecule has 0 bridgehead atoms. The lowest BCUT2D eigenvalue weighted by Gasteiger charge is -2.11. The van der Waals surface area contributed by atoms with Crippen LogP contribution in [0.25, 0.3) is 0 Å². The summed E-state index contributed by atoms with van der Waals surface area (Å²) in [6.07, 6.45) is 1.97. The average Bonchev–Trinajstić information content (AvgIpc) is 2.21. The highest BCUT2D eigenvalue weighted by Gasteiger charge is 2.16. The van der Waals surface area contributed by atoms with E-state index in [9.17, 15) is 4.79 Å². The van der Waals surface area contributed by atoms with Crippen molar-refractivity contribution in [1.82, 2.24) is 0 Å². The van der Waals surface area contributed by atoms with Gasteiger partial charge < -0.3 is 0 Å². The molecule has 1 atom stereocenters. The molecule has 0 N–H and O–H groups in total. The normalized spacial score (nSPS) is 12.5. The van der Waals surface area contributed by atoms with Crippen molar-refractivity contribution in [2.45, 2.75) is 33.6 Å². The Hall–Kier alpha value is -0.820. The Kier molecular flexibility index (Phi) is 4.34. The zero-order chi connectivity index (χ0) is 11.4. The Morgan fingerprint density at radius 2 is 2.13 bits per heavy atom. The molecule has 0 spiro atoms. The van der Waals surface area contributed by atoms with Gasteiger partial charge in [-0.15, -0.1) is 0 Å². The van der Waals surface area contributed by atoms with Crippen LogP contribution in [0.3, 0.4) is 0 Å². The first-order valence-electron chi connectivity index (χ1n) is 5.36. The SMILES string of the molecule is CCCC(C)C(=O)c1cc(Cl)ccc1C. The van der Waals surface area contributed by atoms with E-state index in [-0.39, 0.29) is 11.7 Å². The fraction of sp³-hybridized carbons (Fsp3) is 0.462. The van der Waals surface area contributed by atoms with Crippen LogP contribution in [-0.2, 0) is 0 Å². The molecule has 0 radical (unpaired) electrons. The maximum absolute atomic E-state index is 12.0. The van der Waals surface area contributed by atoms with Crippen molar-refractivity contribution >= 4 is 17.4 Å². The van der Waals surface area contributed by atoms with Crippen molar-refractivity contribution < 1.29 is 4.79 Å². The second kappa shape index (κ2) is 5.32. The third-order valence-corrected chi connectivity index (χ3v) is 2.87. The largest absolute Gasteiger partial charge is 0.294 e. The molecule has 0 aliphatic carbocycles. The lowest BCUT2D eigenvalue weighted by atomic mass is 9.93. The van der Waals surface area contributed by atoms with E-state index in [0.29, 0.717) is 5.02 Å². The van der Waals surface area contributed by atoms with E-state index < -0.39 is 0 Å². The molecule has 82 valence electrons. The van der Waals surface area contributed by atoms with E-state index in [0.717, 1.165) is 24.0 Å². The minimum Gasteiger partial charge on any atom is -0.294 e. The summed E-state index contributed by atoms with van der Waals surface area (Å²) in [5.74, 6) is 0.295. The van der Waals surface area contributed by atoms with Crippen LogP contribution in [0, 0.1) is 12.8 Å². The Morgan fingerprint density at radius 3 is 2.73 bits per heavy atom. The van der Waals surface area contributed by atoms with Crippen molar-refractivity contribution in [3.8, 4) is 0 Å². The van der Waals surface area contributed by atoms with Crippen LogP contribution in [0.4, 0.5) is 0 Å². The first-order chi connectivity index (χ1) is 7.06. The van der Waals surface area contributed by atoms with Gasteiger partial charge in [0.2, 0.25) is 0 Å². The van der Waals surface area contributed by atoms with Gasteiger partial charge in [0.1, 0.15) is 0 Å². The summed E-state index contributed by atoms with van der Waals surface area (Å²) < 4.78 is 0. The van der Waals surface area contributed by atoms with Gasteiger partial charge in [0.15, 0.2) is 5.78 Å². The fourth-order valence-corrected chi connectivity index (χ4v) is 1.86. The molecule has 0 heterocycles. The second-order valence-electron chi connectivity index (χ2n) is 4.01. The van der Waals surface area contributed by atoms with Gasteiger partial charge in [-0.25, -0.2) is 0 Å². The molecule has 15 heavy (non-hydrogen) atoms. The molecule has 1 rings (SSSR count). The van der Waals surface area contributed by atoms with Gasteiger partial charge in [-0.1, -0.05) is 37.9 Å². The summed E-state index contributed by atoms with van der Waals surface area (Å²) >= 11 is 5.89. The lowest BCUT2D eigenvalue weighted by molar-refractivity contribution is 0.0923. The second-order valence-corrected chi connectivity index (χ2v) is 4.45. The van der Waals surface area contributed by atoms with E-state index in [1.807, 2.05) is 26.0 Å². The topological polar surface area (TPSA) is 17.1 Å². The molecule has 1 nitrogen and oxygen atoms in total. The summed E-state index contributed by atoms with van der Waals surface area (Å²) in [6, 6.07) is 5.48. The molecule has 0 aromatic heterocycles. The molecule has 0 saturated carbocycles. The van der Waals surface area contributed by atoms with Crippen LogP contribution in [-0.4, -0.2) is 5.78 Å². The quantitative estimate of drug-likeness (QED) is 0.699. The third kappa shape index (κ3) is 3.07. The number of halogens is 1. The number of aryl methyl sites for hydroxylation is 1. The molecule has 0 amide bonds. The number of carbonyl (C=O) groups excluding carboxylic acids is 1. The van der Waals surface area contributed by atoms with Crippen molar-refractivity contribution in [3.63, 3.8) is 0 Å². The van der Waals surface area contributed by atoms with E-state index in [1.54, 1.807) is 6.07 Å². The number of Topliss-reactive ketones (excluding diaryl/α,β-unsaturated/α-hetero) is 1. The van der Waals surface area contributed by atoms with Crippen LogP contribution < -0.4 is 0 Å². The van der Waals surface area contributed by atoms with Crippen molar-refractivity contribution in [2.24, 2.45) is 5.92 Å². The maximum Gasteiger partial charge on any atom is 0.165 e. The Bertz CT molecular complexity index is 358. The maximum atomic E-state index is 12.0. The standard InChI is InChI=1S/C13H17ClO/c1-4-5-10(3)13(15)12-8-11(14)7-6-9(12)2/h6-8,10H,4-5H2,1-3H3. The summed E-state index contributed by atoms with van der Waals surface area (Å²) in [5, 5.41) is 0.632. The molecular weight excluding hydrogens is 208 g/mol. The molecule has 1 aromatic rings. The van der Waals surface area contributed by atoms with Crippen LogP contribution >= 0.6 is 11.6 Å². The molecule has 0 aliphatic heterocycles. The monoisotopic (exact) mass is 224 g/mol. The van der Waals surface area contributed by atoms with Crippen molar-refractivity contribution in [3.05, 3.63) is 34.3 Å². The average molecular weight is 225 g/mol. The molecule has 1 unspecified atom stereocenters. The molecule has 2 heteroatoms. The smallest absolute Gasteiger partial charge is 0.165 e. The Balaban J connectivity index is 2.95. The van der Waals surface area contributed by atoms with Crippen LogP contribution in [0.5, 0.6) is 0 Å². The fourth-order valence-electron chi connectivity index (χ4n) is 1.69. The van der Waals surface area contributed by atoms with E-state index in [2.05, 4.69) is 6.92 Å². The van der Waals surface area contributed by atoms with Crippen LogP contribution in [0.2, 0.25) is 5.02 Å².